The lowest BCUT2D eigenvalue weighted by molar-refractivity contribution is 0.0979. The zero-order valence-corrected chi connectivity index (χ0v) is 20.3. The van der Waals surface area contributed by atoms with Crippen LogP contribution >= 0.6 is 27.3 Å². The van der Waals surface area contributed by atoms with Crippen molar-refractivity contribution in [2.45, 2.75) is 23.8 Å². The highest BCUT2D eigenvalue weighted by molar-refractivity contribution is 9.10. The van der Waals surface area contributed by atoms with E-state index >= 15 is 0 Å². The predicted octanol–water partition coefficient (Wildman–Crippen LogP) is 3.54. The number of hydrogen-bond donors (Lipinski definition) is 0. The van der Waals surface area contributed by atoms with E-state index in [0.717, 1.165) is 27.5 Å². The molecule has 2 heterocycles. The highest BCUT2D eigenvalue weighted by atomic mass is 79.9. The summed E-state index contributed by atoms with van der Waals surface area (Å²) in [4.78, 5) is 17.6. The molecule has 1 aromatic heterocycles. The fourth-order valence-corrected chi connectivity index (χ4v) is 6.55. The molecule has 0 saturated carbocycles. The molecule has 1 saturated heterocycles. The molecule has 7 nitrogen and oxygen atoms in total. The van der Waals surface area contributed by atoms with Gasteiger partial charge in [0.15, 0.2) is 4.80 Å². The molecule has 1 fully saturated rings. The summed E-state index contributed by atoms with van der Waals surface area (Å²) in [5.74, 6) is -0.421. The Morgan fingerprint density at radius 3 is 2.68 bits per heavy atom. The van der Waals surface area contributed by atoms with Gasteiger partial charge in [0.05, 0.1) is 21.2 Å². The molecule has 31 heavy (non-hydrogen) atoms. The number of sulfonamides is 1. The van der Waals surface area contributed by atoms with Crippen molar-refractivity contribution in [2.75, 3.05) is 20.2 Å². The van der Waals surface area contributed by atoms with Crippen molar-refractivity contribution < 1.29 is 17.9 Å². The first-order valence-corrected chi connectivity index (χ1v) is 12.8. The lowest BCUT2D eigenvalue weighted by Gasteiger charge is -2.20. The van der Waals surface area contributed by atoms with Gasteiger partial charge >= 0.3 is 0 Å². The van der Waals surface area contributed by atoms with Crippen LogP contribution in [-0.2, 0) is 21.8 Å². The van der Waals surface area contributed by atoms with Crippen LogP contribution in [0.1, 0.15) is 23.2 Å². The third-order valence-corrected chi connectivity index (χ3v) is 8.84. The summed E-state index contributed by atoms with van der Waals surface area (Å²) in [6, 6.07) is 11.8. The van der Waals surface area contributed by atoms with Gasteiger partial charge in [-0.05, 0) is 65.2 Å². The number of aryl methyl sites for hydroxylation is 1. The van der Waals surface area contributed by atoms with Crippen molar-refractivity contribution in [1.82, 2.24) is 8.87 Å². The van der Waals surface area contributed by atoms with Crippen molar-refractivity contribution in [3.05, 3.63) is 57.3 Å². The summed E-state index contributed by atoms with van der Waals surface area (Å²) in [6.45, 7) is 0.990. The minimum Gasteiger partial charge on any atom is -0.377 e. The molecule has 1 unspecified atom stereocenters. The van der Waals surface area contributed by atoms with Crippen LogP contribution < -0.4 is 4.80 Å². The van der Waals surface area contributed by atoms with E-state index in [1.807, 2.05) is 29.8 Å². The SMILES string of the molecule is CN(CC1CCCO1)S(=O)(=O)c1ccc(C(=O)N=c2sc3cccc(Br)c3n2C)cc1. The van der Waals surface area contributed by atoms with Crippen LogP contribution in [0, 0.1) is 0 Å². The Labute approximate surface area is 193 Å². The molecule has 0 N–H and O–H groups in total. The van der Waals surface area contributed by atoms with Crippen molar-refractivity contribution in [3.8, 4) is 0 Å². The summed E-state index contributed by atoms with van der Waals surface area (Å²) in [5, 5.41) is 0. The lowest BCUT2D eigenvalue weighted by Crippen LogP contribution is -2.34. The van der Waals surface area contributed by atoms with Crippen LogP contribution in [0.25, 0.3) is 10.2 Å². The maximum absolute atomic E-state index is 12.8. The Morgan fingerprint density at radius 2 is 2.03 bits per heavy atom. The number of carbonyl (C=O) groups excluding carboxylic acids is 1. The number of ether oxygens (including phenoxy) is 1. The maximum Gasteiger partial charge on any atom is 0.279 e. The number of carbonyl (C=O) groups is 1. The number of likely N-dealkylation sites (N-methyl/N-ethyl adjacent to an activating group) is 1. The van der Waals surface area contributed by atoms with Gasteiger partial charge in [0.1, 0.15) is 0 Å². The molecule has 3 aromatic rings. The normalized spacial score (nSPS) is 17.7. The number of amides is 1. The number of nitrogens with zero attached hydrogens (tertiary/aromatic N) is 3. The van der Waals surface area contributed by atoms with Gasteiger partial charge in [0.2, 0.25) is 10.0 Å². The lowest BCUT2D eigenvalue weighted by atomic mass is 10.2. The molecule has 0 spiro atoms. The number of thiazole rings is 1. The second-order valence-electron chi connectivity index (χ2n) is 7.39. The highest BCUT2D eigenvalue weighted by Gasteiger charge is 2.26. The smallest absolute Gasteiger partial charge is 0.279 e. The fraction of sp³-hybridized carbons (Fsp3) is 0.333. The summed E-state index contributed by atoms with van der Waals surface area (Å²) in [6.07, 6.45) is 1.75. The van der Waals surface area contributed by atoms with Gasteiger partial charge in [-0.25, -0.2) is 8.42 Å². The zero-order valence-electron chi connectivity index (χ0n) is 17.1. The second kappa shape index (κ2) is 8.95. The van der Waals surface area contributed by atoms with E-state index in [9.17, 15) is 13.2 Å². The summed E-state index contributed by atoms with van der Waals surface area (Å²) in [7, 11) is -0.249. The van der Waals surface area contributed by atoms with Gasteiger partial charge in [0.25, 0.3) is 5.91 Å². The number of aromatic nitrogens is 1. The molecule has 1 aliphatic rings. The predicted molar refractivity (Wildman–Crippen MR) is 124 cm³/mol. The van der Waals surface area contributed by atoms with E-state index in [4.69, 9.17) is 4.74 Å². The van der Waals surface area contributed by atoms with E-state index in [2.05, 4.69) is 20.9 Å². The monoisotopic (exact) mass is 523 g/mol. The van der Waals surface area contributed by atoms with E-state index in [1.54, 1.807) is 7.05 Å². The van der Waals surface area contributed by atoms with E-state index < -0.39 is 15.9 Å². The fourth-order valence-electron chi connectivity index (χ4n) is 3.54. The van der Waals surface area contributed by atoms with Crippen LogP contribution in [0.15, 0.2) is 56.8 Å². The second-order valence-corrected chi connectivity index (χ2v) is 11.3. The van der Waals surface area contributed by atoms with Crippen molar-refractivity contribution >= 4 is 53.4 Å². The standard InChI is InChI=1S/C21H22BrN3O4S2/c1-24(13-15-5-4-12-29-15)31(27,28)16-10-8-14(9-11-16)20(26)23-21-25(2)19-17(22)6-3-7-18(19)30-21/h3,6-11,15H,4-5,12-13H2,1-2H3. The zero-order chi connectivity index (χ0) is 22.2. The van der Waals surface area contributed by atoms with E-state index in [0.29, 0.717) is 23.5 Å². The Bertz CT molecular complexity index is 1290. The molecule has 1 amide bonds. The quantitative estimate of drug-likeness (QED) is 0.512. The first kappa shape index (κ1) is 22.3. The van der Waals surface area contributed by atoms with Gasteiger partial charge in [-0.1, -0.05) is 17.4 Å². The van der Waals surface area contributed by atoms with Gasteiger partial charge in [-0.3, -0.25) is 4.79 Å². The molecular formula is C21H22BrN3O4S2. The number of fused-ring (bicyclic) bond motifs is 1. The third-order valence-electron chi connectivity index (χ3n) is 5.26. The van der Waals surface area contributed by atoms with Gasteiger partial charge < -0.3 is 9.30 Å². The molecule has 1 atom stereocenters. The average Bonchev–Trinajstić information content (AvgIpc) is 3.36. The number of para-hydroxylation sites is 1. The molecule has 0 bridgehead atoms. The van der Waals surface area contributed by atoms with Crippen LogP contribution in [0.2, 0.25) is 0 Å². The van der Waals surface area contributed by atoms with Gasteiger partial charge in [-0.15, -0.1) is 0 Å². The van der Waals surface area contributed by atoms with Gasteiger partial charge in [-0.2, -0.15) is 9.30 Å². The number of halogens is 1. The van der Waals surface area contributed by atoms with Crippen LogP contribution in [-0.4, -0.2) is 49.5 Å². The van der Waals surface area contributed by atoms with Crippen molar-refractivity contribution in [1.29, 1.82) is 0 Å². The Kier molecular flexibility index (Phi) is 6.45. The molecule has 2 aromatic carbocycles. The van der Waals surface area contributed by atoms with E-state index in [1.165, 1.54) is 39.9 Å². The molecule has 1 aliphatic heterocycles. The molecule has 10 heteroatoms. The molecule has 4 rings (SSSR count). The van der Waals surface area contributed by atoms with Crippen molar-refractivity contribution in [2.24, 2.45) is 12.0 Å². The summed E-state index contributed by atoms with van der Waals surface area (Å²) >= 11 is 4.95. The highest BCUT2D eigenvalue weighted by Crippen LogP contribution is 2.25. The number of benzene rings is 2. The van der Waals surface area contributed by atoms with Crippen molar-refractivity contribution in [3.63, 3.8) is 0 Å². The van der Waals surface area contributed by atoms with Crippen LogP contribution in [0.4, 0.5) is 0 Å². The third kappa shape index (κ3) is 4.54. The molecule has 0 aliphatic carbocycles. The minimum absolute atomic E-state index is 0.0680. The molecule has 164 valence electrons. The first-order valence-electron chi connectivity index (χ1n) is 9.78. The Balaban J connectivity index is 1.56. The number of hydrogen-bond acceptors (Lipinski definition) is 5. The number of rotatable bonds is 5. The molecular weight excluding hydrogens is 502 g/mol. The van der Waals surface area contributed by atoms with Gasteiger partial charge in [0, 0.05) is 37.3 Å². The Morgan fingerprint density at radius 1 is 1.29 bits per heavy atom. The Hall–Kier alpha value is -1.85. The van der Waals surface area contributed by atoms with Crippen LogP contribution in [0.5, 0.6) is 0 Å². The maximum atomic E-state index is 12.8. The largest absolute Gasteiger partial charge is 0.377 e. The minimum atomic E-state index is -3.65. The van der Waals surface area contributed by atoms with E-state index in [-0.39, 0.29) is 11.0 Å². The van der Waals surface area contributed by atoms with Crippen LogP contribution in [0.3, 0.4) is 0 Å². The summed E-state index contributed by atoms with van der Waals surface area (Å²) < 4.78 is 36.3. The topological polar surface area (TPSA) is 81.0 Å². The average molecular weight is 524 g/mol. The summed E-state index contributed by atoms with van der Waals surface area (Å²) in [5.41, 5.74) is 1.30. The first-order chi connectivity index (χ1) is 14.8. The molecule has 0 radical (unpaired) electrons.